The summed E-state index contributed by atoms with van der Waals surface area (Å²) in [7, 11) is 0. The fourth-order valence-corrected chi connectivity index (χ4v) is 4.57. The van der Waals surface area contributed by atoms with E-state index in [1.54, 1.807) is 18.2 Å². The van der Waals surface area contributed by atoms with Gasteiger partial charge in [-0.15, -0.1) is 0 Å². The normalized spacial score (nSPS) is 21.2. The number of benzene rings is 2. The minimum atomic E-state index is -4.56. The third kappa shape index (κ3) is 5.71. The van der Waals surface area contributed by atoms with Crippen LogP contribution in [0.2, 0.25) is 0 Å². The summed E-state index contributed by atoms with van der Waals surface area (Å²) in [6, 6.07) is 7.08. The third-order valence-corrected chi connectivity index (χ3v) is 6.62. The molecule has 1 aliphatic carbocycles. The molecule has 3 aliphatic rings. The molecule has 12 heteroatoms. The van der Waals surface area contributed by atoms with Gasteiger partial charge in [-0.2, -0.15) is 13.2 Å². The van der Waals surface area contributed by atoms with E-state index in [0.717, 1.165) is 23.8 Å². The number of guanidine groups is 1. The second-order valence-electron chi connectivity index (χ2n) is 9.30. The molecule has 0 radical (unpaired) electrons. The van der Waals surface area contributed by atoms with Crippen LogP contribution in [0.15, 0.2) is 41.4 Å². The molecule has 2 aromatic carbocycles. The Morgan fingerprint density at radius 1 is 1.24 bits per heavy atom. The molecule has 8 nitrogen and oxygen atoms in total. The number of hydrogen-bond acceptors (Lipinski definition) is 7. The van der Waals surface area contributed by atoms with E-state index in [1.807, 2.05) is 0 Å². The summed E-state index contributed by atoms with van der Waals surface area (Å²) in [5, 5.41) is 19.4. The highest BCUT2D eigenvalue weighted by Gasteiger charge is 2.47. The lowest BCUT2D eigenvalue weighted by molar-refractivity contribution is -0.236. The van der Waals surface area contributed by atoms with Crippen molar-refractivity contribution in [3.05, 3.63) is 58.9 Å². The first-order valence-corrected chi connectivity index (χ1v) is 12.1. The van der Waals surface area contributed by atoms with Crippen LogP contribution < -0.4 is 16.0 Å². The topological polar surface area (TPSA) is 98.2 Å². The average molecular weight is 522 g/mol. The van der Waals surface area contributed by atoms with Crippen LogP contribution in [0.1, 0.15) is 46.5 Å². The van der Waals surface area contributed by atoms with E-state index in [4.69, 9.17) is 4.74 Å². The molecule has 1 amide bonds. The van der Waals surface area contributed by atoms with E-state index >= 15 is 4.39 Å². The smallest absolute Gasteiger partial charge is 0.378 e. The fourth-order valence-electron chi connectivity index (χ4n) is 4.57. The van der Waals surface area contributed by atoms with Gasteiger partial charge in [-0.1, -0.05) is 12.1 Å². The zero-order chi connectivity index (χ0) is 26.2. The van der Waals surface area contributed by atoms with Crippen molar-refractivity contribution in [3.8, 4) is 0 Å². The van der Waals surface area contributed by atoms with Gasteiger partial charge in [0.25, 0.3) is 5.91 Å². The maximum atomic E-state index is 15.3. The number of alkyl halides is 3. The number of nitrogens with one attached hydrogen (secondary N) is 3. The maximum Gasteiger partial charge on any atom is 0.406 e. The zero-order valence-electron chi connectivity index (χ0n) is 19.8. The fraction of sp³-hybridized carbons (Fsp3) is 0.440. The Kier molecular flexibility index (Phi) is 7.06. The number of aliphatic hydroxyl groups excluding tert-OH is 1. The van der Waals surface area contributed by atoms with Crippen molar-refractivity contribution >= 4 is 23.2 Å². The van der Waals surface area contributed by atoms with E-state index in [0.29, 0.717) is 30.3 Å². The number of carbonyl (C=O) groups excluding carboxylic acids is 1. The van der Waals surface area contributed by atoms with Crippen molar-refractivity contribution in [2.24, 2.45) is 4.99 Å². The SMILES string of the molecule is O=C(NC1=NCCN1)c1cc(F)c(Nc2cccc(C(O)N3CCOCC3C(F)(F)F)c2)c(C2CC2)c1. The van der Waals surface area contributed by atoms with Gasteiger partial charge in [0.2, 0.25) is 0 Å². The first-order valence-electron chi connectivity index (χ1n) is 12.1. The average Bonchev–Trinajstić information content (AvgIpc) is 3.60. The largest absolute Gasteiger partial charge is 0.406 e. The quantitative estimate of drug-likeness (QED) is 0.435. The molecule has 2 aromatic rings. The van der Waals surface area contributed by atoms with Crippen LogP contribution in [0.4, 0.5) is 28.9 Å². The van der Waals surface area contributed by atoms with Crippen molar-refractivity contribution in [2.75, 3.05) is 38.2 Å². The third-order valence-electron chi connectivity index (χ3n) is 6.62. The Morgan fingerprint density at radius 2 is 2.05 bits per heavy atom. The number of carbonyl (C=O) groups is 1. The van der Waals surface area contributed by atoms with Crippen molar-refractivity contribution in [2.45, 2.75) is 37.2 Å². The number of halogens is 4. The number of aliphatic imine (C=N–C) groups is 1. The van der Waals surface area contributed by atoms with Gasteiger partial charge in [0.05, 0.1) is 25.4 Å². The summed E-state index contributed by atoms with van der Waals surface area (Å²) in [5.41, 5.74) is 1.63. The highest BCUT2D eigenvalue weighted by Crippen LogP contribution is 2.45. The van der Waals surface area contributed by atoms with Crippen molar-refractivity contribution < 1.29 is 32.2 Å². The predicted octanol–water partition coefficient (Wildman–Crippen LogP) is 3.39. The van der Waals surface area contributed by atoms with Gasteiger partial charge in [-0.3, -0.25) is 20.0 Å². The second kappa shape index (κ2) is 10.3. The van der Waals surface area contributed by atoms with Crippen LogP contribution >= 0.6 is 0 Å². The Balaban J connectivity index is 1.38. The summed E-state index contributed by atoms with van der Waals surface area (Å²) in [5.74, 6) is -0.673. The predicted molar refractivity (Wildman–Crippen MR) is 128 cm³/mol. The summed E-state index contributed by atoms with van der Waals surface area (Å²) in [6.07, 6.45) is -4.39. The summed E-state index contributed by atoms with van der Waals surface area (Å²) < 4.78 is 60.7. The minimum absolute atomic E-state index is 0.0703. The van der Waals surface area contributed by atoms with E-state index in [2.05, 4.69) is 20.9 Å². The number of morpholine rings is 1. The molecular weight excluding hydrogens is 494 g/mol. The standard InChI is InChI=1S/C25H27F4N5O3/c26-19-12-16(22(35)33-24-30-6-7-31-24)11-18(14-4-5-14)21(19)32-17-3-1-2-15(10-17)23(36)34-8-9-37-13-20(34)25(27,28)29/h1-3,10-12,14,20,23,32,36H,4-9,13H2,(H2,30,31,33,35). The molecule has 5 rings (SSSR count). The first-order chi connectivity index (χ1) is 17.7. The van der Waals surface area contributed by atoms with Crippen molar-refractivity contribution in [3.63, 3.8) is 0 Å². The molecule has 1 saturated heterocycles. The van der Waals surface area contributed by atoms with Gasteiger partial charge in [-0.25, -0.2) is 4.39 Å². The Morgan fingerprint density at radius 3 is 2.76 bits per heavy atom. The maximum absolute atomic E-state index is 15.3. The Hall–Kier alpha value is -3.22. The Labute approximate surface area is 210 Å². The molecule has 37 heavy (non-hydrogen) atoms. The molecule has 2 unspecified atom stereocenters. The molecular formula is C25H27F4N5O3. The number of anilines is 2. The molecule has 198 valence electrons. The van der Waals surface area contributed by atoms with Gasteiger partial charge < -0.3 is 20.5 Å². The first kappa shape index (κ1) is 25.4. The van der Waals surface area contributed by atoms with Crippen LogP contribution in [0, 0.1) is 5.82 Å². The number of nitrogens with zero attached hydrogens (tertiary/aromatic N) is 2. The van der Waals surface area contributed by atoms with Crippen LogP contribution in [0.5, 0.6) is 0 Å². The van der Waals surface area contributed by atoms with Gasteiger partial charge in [0.1, 0.15) is 18.1 Å². The molecule has 0 aromatic heterocycles. The molecule has 2 aliphatic heterocycles. The number of aliphatic hydroxyl groups is 1. The van der Waals surface area contributed by atoms with Crippen molar-refractivity contribution in [1.29, 1.82) is 0 Å². The molecule has 1 saturated carbocycles. The summed E-state index contributed by atoms with van der Waals surface area (Å²) in [4.78, 5) is 17.7. The summed E-state index contributed by atoms with van der Waals surface area (Å²) >= 11 is 0. The molecule has 2 heterocycles. The molecule has 0 bridgehead atoms. The lowest BCUT2D eigenvalue weighted by atomic mass is 10.0. The summed E-state index contributed by atoms with van der Waals surface area (Å²) in [6.45, 7) is 0.597. The zero-order valence-corrected chi connectivity index (χ0v) is 19.8. The highest BCUT2D eigenvalue weighted by molar-refractivity contribution is 6.06. The van der Waals surface area contributed by atoms with E-state index in [1.165, 1.54) is 12.1 Å². The van der Waals surface area contributed by atoms with Crippen molar-refractivity contribution in [1.82, 2.24) is 15.5 Å². The van der Waals surface area contributed by atoms with Crippen LogP contribution in [0.25, 0.3) is 0 Å². The van der Waals surface area contributed by atoms with E-state index in [9.17, 15) is 23.1 Å². The van der Waals surface area contributed by atoms with E-state index < -0.39 is 36.8 Å². The lowest BCUT2D eigenvalue weighted by Crippen LogP contribution is -2.54. The van der Waals surface area contributed by atoms with Crippen LogP contribution in [-0.2, 0) is 4.74 Å². The molecule has 4 N–H and O–H groups in total. The second-order valence-corrected chi connectivity index (χ2v) is 9.30. The molecule has 2 atom stereocenters. The van der Waals surface area contributed by atoms with Gasteiger partial charge in [0.15, 0.2) is 5.96 Å². The van der Waals surface area contributed by atoms with Crippen LogP contribution in [0.3, 0.4) is 0 Å². The van der Waals surface area contributed by atoms with Gasteiger partial charge >= 0.3 is 6.18 Å². The molecule has 0 spiro atoms. The number of amides is 1. The minimum Gasteiger partial charge on any atom is -0.378 e. The number of ether oxygens (including phenoxy) is 1. The highest BCUT2D eigenvalue weighted by atomic mass is 19.4. The van der Waals surface area contributed by atoms with E-state index in [-0.39, 0.29) is 35.9 Å². The molecule has 2 fully saturated rings. The van der Waals surface area contributed by atoms with Crippen LogP contribution in [-0.4, -0.2) is 66.9 Å². The van der Waals surface area contributed by atoms with Gasteiger partial charge in [0, 0.05) is 24.3 Å². The number of hydrogen-bond donors (Lipinski definition) is 4. The number of rotatable bonds is 6. The monoisotopic (exact) mass is 521 g/mol. The Bertz CT molecular complexity index is 1200. The van der Waals surface area contributed by atoms with Gasteiger partial charge in [-0.05, 0) is 54.2 Å². The lowest BCUT2D eigenvalue weighted by Gasteiger charge is -2.39.